The zero-order valence-electron chi connectivity index (χ0n) is 16.0. The maximum Gasteiger partial charge on any atom is 0.573 e. The van der Waals surface area contributed by atoms with Crippen LogP contribution in [0.25, 0.3) is 0 Å². The van der Waals surface area contributed by atoms with Gasteiger partial charge in [0.05, 0.1) is 23.7 Å². The Hall–Kier alpha value is -2.70. The van der Waals surface area contributed by atoms with Crippen LogP contribution in [-0.4, -0.2) is 51.3 Å². The van der Waals surface area contributed by atoms with E-state index in [-0.39, 0.29) is 37.7 Å². The zero-order chi connectivity index (χ0) is 22.6. The predicted molar refractivity (Wildman–Crippen MR) is 100 cm³/mol. The van der Waals surface area contributed by atoms with E-state index >= 15 is 0 Å². The van der Waals surface area contributed by atoms with Gasteiger partial charge in [0.15, 0.2) is 0 Å². The molecular formula is C19H18F4N2O5S. The molecule has 0 aliphatic carbocycles. The van der Waals surface area contributed by atoms with E-state index < -0.39 is 39.4 Å². The lowest BCUT2D eigenvalue weighted by Gasteiger charge is -2.26. The van der Waals surface area contributed by atoms with Crippen molar-refractivity contribution in [2.45, 2.75) is 17.8 Å². The van der Waals surface area contributed by atoms with E-state index in [9.17, 15) is 30.8 Å². The molecule has 168 valence electrons. The van der Waals surface area contributed by atoms with E-state index in [4.69, 9.17) is 4.74 Å². The molecule has 1 fully saturated rings. The van der Waals surface area contributed by atoms with E-state index in [1.807, 2.05) is 0 Å². The molecule has 1 aliphatic rings. The minimum atomic E-state index is -4.82. The number of nitrogens with one attached hydrogen (secondary N) is 1. The van der Waals surface area contributed by atoms with Crippen molar-refractivity contribution < 1.29 is 40.2 Å². The second-order valence-corrected chi connectivity index (χ2v) is 8.47. The Morgan fingerprint density at radius 1 is 1.10 bits per heavy atom. The average molecular weight is 462 g/mol. The molecule has 12 heteroatoms. The van der Waals surface area contributed by atoms with Crippen molar-refractivity contribution in [3.63, 3.8) is 0 Å². The third-order valence-corrected chi connectivity index (χ3v) is 6.29. The van der Waals surface area contributed by atoms with Crippen molar-refractivity contribution in [2.75, 3.05) is 26.3 Å². The number of ether oxygens (including phenoxy) is 2. The van der Waals surface area contributed by atoms with Gasteiger partial charge in [-0.3, -0.25) is 4.79 Å². The summed E-state index contributed by atoms with van der Waals surface area (Å²) in [4.78, 5) is 12.2. The standard InChI is InChI=1S/C19H18F4N2O5S/c20-17-6-5-15(31(27,28)25-7-9-29-10-8-25)11-16(17)18(26)24-12-13-1-3-14(4-2-13)30-19(21,22)23/h1-6,11H,7-10,12H2,(H,24,26). The first-order valence-electron chi connectivity index (χ1n) is 9.06. The van der Waals surface area contributed by atoms with Gasteiger partial charge in [-0.05, 0) is 35.9 Å². The predicted octanol–water partition coefficient (Wildman–Crippen LogP) is 2.68. The van der Waals surface area contributed by atoms with Crippen LogP contribution in [-0.2, 0) is 21.3 Å². The average Bonchev–Trinajstić information content (AvgIpc) is 2.73. The van der Waals surface area contributed by atoms with E-state index in [2.05, 4.69) is 10.1 Å². The maximum absolute atomic E-state index is 14.2. The highest BCUT2D eigenvalue weighted by Crippen LogP contribution is 2.23. The number of nitrogens with zero attached hydrogens (tertiary/aromatic N) is 1. The smallest absolute Gasteiger partial charge is 0.406 e. The molecule has 2 aromatic carbocycles. The molecule has 2 aromatic rings. The van der Waals surface area contributed by atoms with Crippen LogP contribution in [0.15, 0.2) is 47.4 Å². The molecule has 1 saturated heterocycles. The Morgan fingerprint density at radius 3 is 2.35 bits per heavy atom. The zero-order valence-corrected chi connectivity index (χ0v) is 16.8. The number of halogens is 4. The number of amides is 1. The quantitative estimate of drug-likeness (QED) is 0.668. The van der Waals surface area contributed by atoms with Gasteiger partial charge in [-0.25, -0.2) is 12.8 Å². The van der Waals surface area contributed by atoms with Crippen molar-refractivity contribution in [2.24, 2.45) is 0 Å². The molecule has 1 aliphatic heterocycles. The SMILES string of the molecule is O=C(NCc1ccc(OC(F)(F)F)cc1)c1cc(S(=O)(=O)N2CCOCC2)ccc1F. The van der Waals surface area contributed by atoms with Gasteiger partial charge in [-0.15, -0.1) is 13.2 Å². The molecule has 7 nitrogen and oxygen atoms in total. The molecule has 3 rings (SSSR count). The minimum absolute atomic E-state index is 0.120. The van der Waals surface area contributed by atoms with Crippen LogP contribution in [0.4, 0.5) is 17.6 Å². The van der Waals surface area contributed by atoms with Crippen LogP contribution in [0, 0.1) is 5.82 Å². The summed E-state index contributed by atoms with van der Waals surface area (Å²) in [5, 5.41) is 2.41. The molecule has 0 atom stereocenters. The van der Waals surface area contributed by atoms with Gasteiger partial charge in [0.1, 0.15) is 11.6 Å². The lowest BCUT2D eigenvalue weighted by molar-refractivity contribution is -0.274. The molecule has 0 bridgehead atoms. The van der Waals surface area contributed by atoms with Crippen molar-refractivity contribution in [3.05, 3.63) is 59.4 Å². The van der Waals surface area contributed by atoms with Gasteiger partial charge in [-0.2, -0.15) is 4.31 Å². The largest absolute Gasteiger partial charge is 0.573 e. The lowest BCUT2D eigenvalue weighted by Crippen LogP contribution is -2.40. The summed E-state index contributed by atoms with van der Waals surface area (Å²) in [6.07, 6.45) is -4.82. The van der Waals surface area contributed by atoms with Crippen LogP contribution in [0.2, 0.25) is 0 Å². The fourth-order valence-corrected chi connectivity index (χ4v) is 4.30. The first-order chi connectivity index (χ1) is 14.6. The second-order valence-electron chi connectivity index (χ2n) is 6.53. The molecule has 0 radical (unpaired) electrons. The third-order valence-electron chi connectivity index (χ3n) is 4.40. The number of carbonyl (C=O) groups is 1. The summed E-state index contributed by atoms with van der Waals surface area (Å²) >= 11 is 0. The summed E-state index contributed by atoms with van der Waals surface area (Å²) in [6, 6.07) is 7.68. The van der Waals surface area contributed by atoms with Gasteiger partial charge in [-0.1, -0.05) is 12.1 Å². The van der Waals surface area contributed by atoms with Gasteiger partial charge >= 0.3 is 6.36 Å². The normalized spacial score (nSPS) is 15.5. The number of hydrogen-bond acceptors (Lipinski definition) is 5. The van der Waals surface area contributed by atoms with Crippen molar-refractivity contribution >= 4 is 15.9 Å². The molecule has 1 heterocycles. The van der Waals surface area contributed by atoms with E-state index in [0.717, 1.165) is 30.3 Å². The second kappa shape index (κ2) is 9.20. The first kappa shape index (κ1) is 23.0. The molecule has 0 saturated carbocycles. The highest BCUT2D eigenvalue weighted by atomic mass is 32.2. The van der Waals surface area contributed by atoms with Crippen LogP contribution in [0.5, 0.6) is 5.75 Å². The third kappa shape index (κ3) is 5.93. The van der Waals surface area contributed by atoms with Crippen LogP contribution < -0.4 is 10.1 Å². The number of benzene rings is 2. The summed E-state index contributed by atoms with van der Waals surface area (Å²) in [7, 11) is -3.92. The Morgan fingerprint density at radius 2 is 1.74 bits per heavy atom. The van der Waals surface area contributed by atoms with Crippen LogP contribution >= 0.6 is 0 Å². The maximum atomic E-state index is 14.2. The molecule has 1 amide bonds. The molecule has 1 N–H and O–H groups in total. The Labute approximate surface area is 175 Å². The monoisotopic (exact) mass is 462 g/mol. The summed E-state index contributed by atoms with van der Waals surface area (Å²) < 4.78 is 86.2. The van der Waals surface area contributed by atoms with E-state index in [1.54, 1.807) is 0 Å². The molecule has 0 spiro atoms. The topological polar surface area (TPSA) is 84.9 Å². The fraction of sp³-hybridized carbons (Fsp3) is 0.316. The lowest BCUT2D eigenvalue weighted by atomic mass is 10.1. The van der Waals surface area contributed by atoms with Gasteiger partial charge in [0.25, 0.3) is 5.91 Å². The van der Waals surface area contributed by atoms with Crippen molar-refractivity contribution in [1.29, 1.82) is 0 Å². The number of sulfonamides is 1. The van der Waals surface area contributed by atoms with E-state index in [0.29, 0.717) is 5.56 Å². The fourth-order valence-electron chi connectivity index (χ4n) is 2.86. The highest BCUT2D eigenvalue weighted by molar-refractivity contribution is 7.89. The van der Waals surface area contributed by atoms with Crippen molar-refractivity contribution in [1.82, 2.24) is 9.62 Å². The Bertz CT molecular complexity index is 1040. The van der Waals surface area contributed by atoms with Gasteiger partial charge < -0.3 is 14.8 Å². The number of alkyl halides is 3. The summed E-state index contributed by atoms with van der Waals surface area (Å²) in [5.41, 5.74) is -0.0354. The van der Waals surface area contributed by atoms with Gasteiger partial charge in [0, 0.05) is 19.6 Å². The van der Waals surface area contributed by atoms with Gasteiger partial charge in [0.2, 0.25) is 10.0 Å². The summed E-state index contributed by atoms with van der Waals surface area (Å²) in [5.74, 6) is -2.20. The Kier molecular flexibility index (Phi) is 6.82. The molecule has 0 aromatic heterocycles. The van der Waals surface area contributed by atoms with Crippen LogP contribution in [0.3, 0.4) is 0 Å². The first-order valence-corrected chi connectivity index (χ1v) is 10.5. The number of rotatable bonds is 6. The van der Waals surface area contributed by atoms with E-state index in [1.165, 1.54) is 16.4 Å². The summed E-state index contributed by atoms with van der Waals surface area (Å²) in [6.45, 7) is 0.650. The van der Waals surface area contributed by atoms with Crippen molar-refractivity contribution in [3.8, 4) is 5.75 Å². The Balaban J connectivity index is 1.69. The molecule has 0 unspecified atom stereocenters. The number of carbonyl (C=O) groups excluding carboxylic acids is 1. The number of hydrogen-bond donors (Lipinski definition) is 1. The molecular weight excluding hydrogens is 444 g/mol. The number of morpholine rings is 1. The minimum Gasteiger partial charge on any atom is -0.406 e. The molecule has 31 heavy (non-hydrogen) atoms. The van der Waals surface area contributed by atoms with Crippen LogP contribution in [0.1, 0.15) is 15.9 Å². The highest BCUT2D eigenvalue weighted by Gasteiger charge is 2.31.